The van der Waals surface area contributed by atoms with Crippen LogP contribution in [0.25, 0.3) is 0 Å². The largest absolute Gasteiger partial charge is 0.328 e. The molecule has 0 aromatic rings. The van der Waals surface area contributed by atoms with Crippen LogP contribution in [0.4, 0.5) is 0 Å². The summed E-state index contributed by atoms with van der Waals surface area (Å²) < 4.78 is 22.0. The molecule has 0 spiro atoms. The smallest absolute Gasteiger partial charge is 0.148 e. The van der Waals surface area contributed by atoms with Crippen molar-refractivity contribution in [2.75, 3.05) is 32.1 Å². The number of nitrogens with two attached hydrogens (primary N) is 1. The molecule has 1 atom stereocenters. The van der Waals surface area contributed by atoms with Gasteiger partial charge < -0.3 is 10.6 Å². The fourth-order valence-corrected chi connectivity index (χ4v) is 2.35. The molecule has 0 aliphatic rings. The van der Waals surface area contributed by atoms with E-state index >= 15 is 0 Å². The van der Waals surface area contributed by atoms with Crippen molar-refractivity contribution in [2.45, 2.75) is 39.7 Å². The third-order valence-electron chi connectivity index (χ3n) is 2.60. The SMILES string of the molecule is CN(CCC(N)CC(C)(C)C)CCS(C)(=O)=O. The predicted octanol–water partition coefficient (Wildman–Crippen LogP) is 1.12. The average Bonchev–Trinajstić information content (AvgIpc) is 2.07. The normalized spacial score (nSPS) is 15.2. The van der Waals surface area contributed by atoms with Gasteiger partial charge in [-0.15, -0.1) is 0 Å². The molecule has 0 amide bonds. The van der Waals surface area contributed by atoms with Gasteiger partial charge >= 0.3 is 0 Å². The second-order valence-corrected chi connectivity index (χ2v) is 8.51. The Morgan fingerprint density at radius 2 is 1.76 bits per heavy atom. The van der Waals surface area contributed by atoms with Gasteiger partial charge in [0.15, 0.2) is 0 Å². The highest BCUT2D eigenvalue weighted by atomic mass is 32.2. The van der Waals surface area contributed by atoms with Crippen molar-refractivity contribution in [3.05, 3.63) is 0 Å². The first-order valence-corrected chi connectivity index (χ1v) is 8.17. The lowest BCUT2D eigenvalue weighted by Crippen LogP contribution is -2.33. The van der Waals surface area contributed by atoms with Crippen molar-refractivity contribution in [3.63, 3.8) is 0 Å². The Balaban J connectivity index is 3.81. The molecular weight excluding hydrogens is 236 g/mol. The van der Waals surface area contributed by atoms with Gasteiger partial charge in [-0.3, -0.25) is 0 Å². The maximum atomic E-state index is 11.0. The zero-order chi connectivity index (χ0) is 13.7. The van der Waals surface area contributed by atoms with E-state index in [9.17, 15) is 8.42 Å². The van der Waals surface area contributed by atoms with Gasteiger partial charge in [0.1, 0.15) is 9.84 Å². The summed E-state index contributed by atoms with van der Waals surface area (Å²) in [7, 11) is -0.920. The van der Waals surface area contributed by atoms with Crippen molar-refractivity contribution in [1.29, 1.82) is 0 Å². The van der Waals surface area contributed by atoms with Crippen molar-refractivity contribution >= 4 is 9.84 Å². The number of rotatable bonds is 7. The molecule has 0 aromatic heterocycles. The van der Waals surface area contributed by atoms with Gasteiger partial charge in [-0.05, 0) is 31.8 Å². The summed E-state index contributed by atoms with van der Waals surface area (Å²) in [4.78, 5) is 2.03. The van der Waals surface area contributed by atoms with Crippen LogP contribution in [0.1, 0.15) is 33.6 Å². The number of hydrogen-bond donors (Lipinski definition) is 1. The molecule has 4 nitrogen and oxygen atoms in total. The Kier molecular flexibility index (Phi) is 6.66. The summed E-state index contributed by atoms with van der Waals surface area (Å²) >= 11 is 0. The van der Waals surface area contributed by atoms with E-state index in [4.69, 9.17) is 5.73 Å². The van der Waals surface area contributed by atoms with Crippen molar-refractivity contribution in [1.82, 2.24) is 4.90 Å². The lowest BCUT2D eigenvalue weighted by atomic mass is 9.87. The van der Waals surface area contributed by atoms with Crippen LogP contribution in [0.2, 0.25) is 0 Å². The van der Waals surface area contributed by atoms with E-state index in [0.29, 0.717) is 6.54 Å². The van der Waals surface area contributed by atoms with E-state index in [1.54, 1.807) is 0 Å². The number of sulfone groups is 1. The van der Waals surface area contributed by atoms with Crippen LogP contribution >= 0.6 is 0 Å². The van der Waals surface area contributed by atoms with E-state index in [-0.39, 0.29) is 17.2 Å². The molecular formula is C12H28N2O2S. The van der Waals surface area contributed by atoms with Crippen molar-refractivity contribution in [3.8, 4) is 0 Å². The van der Waals surface area contributed by atoms with Gasteiger partial charge in [0.25, 0.3) is 0 Å². The molecule has 1 unspecified atom stereocenters. The molecule has 0 saturated heterocycles. The third-order valence-corrected chi connectivity index (χ3v) is 3.52. The Hall–Kier alpha value is -0.130. The third kappa shape index (κ3) is 12.1. The molecule has 0 aromatic carbocycles. The van der Waals surface area contributed by atoms with E-state index in [2.05, 4.69) is 20.8 Å². The molecule has 0 aliphatic carbocycles. The fraction of sp³-hybridized carbons (Fsp3) is 1.00. The summed E-state index contributed by atoms with van der Waals surface area (Å²) in [5, 5.41) is 0. The van der Waals surface area contributed by atoms with Gasteiger partial charge in [-0.2, -0.15) is 0 Å². The van der Waals surface area contributed by atoms with Gasteiger partial charge in [0.05, 0.1) is 5.75 Å². The number of hydrogen-bond acceptors (Lipinski definition) is 4. The first-order chi connectivity index (χ1) is 7.49. The van der Waals surface area contributed by atoms with Gasteiger partial charge in [-0.25, -0.2) is 8.42 Å². The minimum atomic E-state index is -2.86. The van der Waals surface area contributed by atoms with Crippen LogP contribution in [-0.2, 0) is 9.84 Å². The minimum absolute atomic E-state index is 0.190. The molecule has 2 N–H and O–H groups in total. The molecule has 0 radical (unpaired) electrons. The molecule has 5 heteroatoms. The van der Waals surface area contributed by atoms with E-state index in [1.165, 1.54) is 6.26 Å². The molecule has 0 saturated carbocycles. The zero-order valence-electron chi connectivity index (χ0n) is 11.9. The lowest BCUT2D eigenvalue weighted by molar-refractivity contribution is 0.290. The van der Waals surface area contributed by atoms with Gasteiger partial charge in [0, 0.05) is 18.8 Å². The highest BCUT2D eigenvalue weighted by Gasteiger charge is 2.16. The molecule has 0 fully saturated rings. The van der Waals surface area contributed by atoms with Crippen LogP contribution in [-0.4, -0.2) is 51.5 Å². The second kappa shape index (κ2) is 6.71. The van der Waals surface area contributed by atoms with Gasteiger partial charge in [0.2, 0.25) is 0 Å². The Morgan fingerprint density at radius 3 is 2.18 bits per heavy atom. The van der Waals surface area contributed by atoms with Crippen LogP contribution < -0.4 is 5.73 Å². The van der Waals surface area contributed by atoms with E-state index in [0.717, 1.165) is 19.4 Å². The molecule has 0 rings (SSSR count). The van der Waals surface area contributed by atoms with Crippen molar-refractivity contribution < 1.29 is 8.42 Å². The first-order valence-electron chi connectivity index (χ1n) is 6.11. The average molecular weight is 264 g/mol. The van der Waals surface area contributed by atoms with Crippen molar-refractivity contribution in [2.24, 2.45) is 11.1 Å². The quantitative estimate of drug-likeness (QED) is 0.748. The zero-order valence-corrected chi connectivity index (χ0v) is 12.7. The summed E-state index contributed by atoms with van der Waals surface area (Å²) in [6, 6.07) is 0.190. The minimum Gasteiger partial charge on any atom is -0.328 e. The topological polar surface area (TPSA) is 63.4 Å². The van der Waals surface area contributed by atoms with Crippen LogP contribution in [0.15, 0.2) is 0 Å². The highest BCUT2D eigenvalue weighted by molar-refractivity contribution is 7.90. The standard InChI is InChI=1S/C12H28N2O2S/c1-12(2,3)10-11(13)6-7-14(4)8-9-17(5,15)16/h11H,6-10,13H2,1-5H3. The van der Waals surface area contributed by atoms with Crippen LogP contribution in [0, 0.1) is 5.41 Å². The Labute approximate surface area is 106 Å². The van der Waals surface area contributed by atoms with E-state index in [1.807, 2.05) is 11.9 Å². The molecule has 17 heavy (non-hydrogen) atoms. The Bertz CT molecular complexity index is 307. The number of nitrogens with zero attached hydrogens (tertiary/aromatic N) is 1. The summed E-state index contributed by atoms with van der Waals surface area (Å²) in [6.07, 6.45) is 3.18. The van der Waals surface area contributed by atoms with Gasteiger partial charge in [-0.1, -0.05) is 20.8 Å². The fourth-order valence-electron chi connectivity index (χ4n) is 1.71. The highest BCUT2D eigenvalue weighted by Crippen LogP contribution is 2.20. The second-order valence-electron chi connectivity index (χ2n) is 6.25. The van der Waals surface area contributed by atoms with E-state index < -0.39 is 9.84 Å². The van der Waals surface area contributed by atoms with Crippen LogP contribution in [0.5, 0.6) is 0 Å². The molecule has 0 bridgehead atoms. The molecule has 104 valence electrons. The maximum Gasteiger partial charge on any atom is 0.148 e. The first kappa shape index (κ1) is 16.9. The molecule has 0 aliphatic heterocycles. The van der Waals surface area contributed by atoms with Crippen LogP contribution in [0.3, 0.4) is 0 Å². The summed E-state index contributed by atoms with van der Waals surface area (Å²) in [5.41, 5.74) is 6.30. The summed E-state index contributed by atoms with van der Waals surface area (Å²) in [5.74, 6) is 0.220. The summed E-state index contributed by atoms with van der Waals surface area (Å²) in [6.45, 7) is 7.98. The lowest BCUT2D eigenvalue weighted by Gasteiger charge is -2.25. The monoisotopic (exact) mass is 264 g/mol. The maximum absolute atomic E-state index is 11.0. The Morgan fingerprint density at radius 1 is 1.24 bits per heavy atom. The molecule has 0 heterocycles. The predicted molar refractivity (Wildman–Crippen MR) is 73.9 cm³/mol.